The van der Waals surface area contributed by atoms with Gasteiger partial charge in [-0.2, -0.15) is 4.31 Å². The Labute approximate surface area is 219 Å². The summed E-state index contributed by atoms with van der Waals surface area (Å²) in [5.74, 6) is 1.73. The van der Waals surface area contributed by atoms with Crippen molar-refractivity contribution in [3.63, 3.8) is 0 Å². The quantitative estimate of drug-likeness (QED) is 0.321. The summed E-state index contributed by atoms with van der Waals surface area (Å²) >= 11 is 0. The predicted molar refractivity (Wildman–Crippen MR) is 141 cm³/mol. The Morgan fingerprint density at radius 2 is 1.27 bits per heavy atom. The van der Waals surface area contributed by atoms with Crippen molar-refractivity contribution >= 4 is 10.0 Å². The zero-order valence-electron chi connectivity index (χ0n) is 22.1. The van der Waals surface area contributed by atoms with Crippen molar-refractivity contribution in [1.29, 1.82) is 0 Å². The molecule has 3 aromatic rings. The van der Waals surface area contributed by atoms with E-state index in [0.717, 1.165) is 11.1 Å². The van der Waals surface area contributed by atoms with Crippen LogP contribution in [0.4, 0.5) is 0 Å². The first-order chi connectivity index (χ1) is 17.7. The van der Waals surface area contributed by atoms with E-state index < -0.39 is 21.4 Å². The van der Waals surface area contributed by atoms with Gasteiger partial charge in [-0.25, -0.2) is 13.4 Å². The van der Waals surface area contributed by atoms with Crippen LogP contribution < -0.4 is 14.2 Å². The fourth-order valence-electron chi connectivity index (χ4n) is 3.79. The summed E-state index contributed by atoms with van der Waals surface area (Å²) in [4.78, 5) is 8.59. The average Bonchev–Trinajstić information content (AvgIpc) is 2.91. The highest BCUT2D eigenvalue weighted by Gasteiger charge is 2.37. The van der Waals surface area contributed by atoms with Gasteiger partial charge >= 0.3 is 0 Å². The molecule has 2 atom stereocenters. The molecule has 1 heterocycles. The Balaban J connectivity index is 1.97. The number of sulfonamides is 1. The Kier molecular flexibility index (Phi) is 9.85. The van der Waals surface area contributed by atoms with Gasteiger partial charge in [0.1, 0.15) is 22.9 Å². The Morgan fingerprint density at radius 1 is 0.757 bits per heavy atom. The van der Waals surface area contributed by atoms with Crippen LogP contribution in [0.3, 0.4) is 0 Å². The van der Waals surface area contributed by atoms with E-state index >= 15 is 0 Å². The fourth-order valence-corrected chi connectivity index (χ4v) is 5.43. The van der Waals surface area contributed by atoms with Gasteiger partial charge in [0.05, 0.1) is 45.5 Å². The average molecular weight is 530 g/mol. The van der Waals surface area contributed by atoms with E-state index in [0.29, 0.717) is 23.1 Å². The second-order valence-corrected chi connectivity index (χ2v) is 11.1. The van der Waals surface area contributed by atoms with E-state index in [1.54, 1.807) is 21.1 Å². The molecule has 37 heavy (non-hydrogen) atoms. The molecule has 0 aliphatic heterocycles. The van der Waals surface area contributed by atoms with Gasteiger partial charge in [0, 0.05) is 13.1 Å². The summed E-state index contributed by atoms with van der Waals surface area (Å²) in [6.45, 7) is 5.70. The van der Waals surface area contributed by atoms with E-state index in [-0.39, 0.29) is 19.2 Å². The van der Waals surface area contributed by atoms with Crippen LogP contribution in [0.25, 0.3) is 0 Å². The maximum absolute atomic E-state index is 14.1. The van der Waals surface area contributed by atoms with Crippen LogP contribution in [-0.4, -0.2) is 55.4 Å². The molecule has 0 radical (unpaired) electrons. The second kappa shape index (κ2) is 12.8. The van der Waals surface area contributed by atoms with E-state index in [1.807, 2.05) is 62.4 Å². The number of nitrogens with zero attached hydrogens (tertiary/aromatic N) is 3. The van der Waals surface area contributed by atoms with Crippen molar-refractivity contribution in [2.75, 3.05) is 21.3 Å². The molecule has 200 valence electrons. The SMILES string of the molecule is COc1ccc(CN(Cc2ccc(OC)cc2)S(=O)(=O)[C@@H](C)[C@@H](OC(C)C)c2cnc(OC)cn2)cc1. The maximum atomic E-state index is 14.1. The Morgan fingerprint density at radius 3 is 1.65 bits per heavy atom. The van der Waals surface area contributed by atoms with Gasteiger partial charge in [0.2, 0.25) is 15.9 Å². The van der Waals surface area contributed by atoms with Gasteiger partial charge in [0.15, 0.2) is 0 Å². The minimum Gasteiger partial charge on any atom is -0.497 e. The summed E-state index contributed by atoms with van der Waals surface area (Å²) in [5, 5.41) is -0.950. The van der Waals surface area contributed by atoms with Gasteiger partial charge in [-0.3, -0.25) is 4.98 Å². The molecule has 0 fully saturated rings. The number of hydrogen-bond acceptors (Lipinski definition) is 8. The summed E-state index contributed by atoms with van der Waals surface area (Å²) in [5.41, 5.74) is 2.07. The van der Waals surface area contributed by atoms with Gasteiger partial charge in [-0.05, 0) is 56.2 Å². The van der Waals surface area contributed by atoms with Crippen LogP contribution >= 0.6 is 0 Å². The van der Waals surface area contributed by atoms with Crippen LogP contribution in [0.15, 0.2) is 60.9 Å². The molecule has 0 saturated heterocycles. The molecule has 9 nitrogen and oxygen atoms in total. The number of rotatable bonds is 13. The van der Waals surface area contributed by atoms with Crippen molar-refractivity contribution < 1.29 is 27.4 Å². The first kappa shape index (κ1) is 28.4. The second-order valence-electron chi connectivity index (χ2n) is 8.80. The highest BCUT2D eigenvalue weighted by Crippen LogP contribution is 2.30. The van der Waals surface area contributed by atoms with Gasteiger partial charge in [0.25, 0.3) is 0 Å². The Bertz CT molecular complexity index is 1170. The molecule has 0 spiro atoms. The third kappa shape index (κ3) is 7.41. The van der Waals surface area contributed by atoms with Crippen LogP contribution in [-0.2, 0) is 27.8 Å². The van der Waals surface area contributed by atoms with Gasteiger partial charge in [-0.15, -0.1) is 0 Å². The lowest BCUT2D eigenvalue weighted by Gasteiger charge is -2.31. The summed E-state index contributed by atoms with van der Waals surface area (Å²) in [6.07, 6.45) is 1.88. The third-order valence-electron chi connectivity index (χ3n) is 5.86. The number of aromatic nitrogens is 2. The smallest absolute Gasteiger partial charge is 0.231 e. The van der Waals surface area contributed by atoms with Gasteiger partial charge < -0.3 is 18.9 Å². The normalized spacial score (nSPS) is 13.4. The molecular weight excluding hydrogens is 494 g/mol. The molecule has 0 amide bonds. The minimum absolute atomic E-state index is 0.172. The van der Waals surface area contributed by atoms with Crippen molar-refractivity contribution in [2.24, 2.45) is 0 Å². The number of ether oxygens (including phenoxy) is 4. The lowest BCUT2D eigenvalue weighted by atomic mass is 10.2. The zero-order valence-corrected chi connectivity index (χ0v) is 22.9. The highest BCUT2D eigenvalue weighted by molar-refractivity contribution is 7.89. The molecule has 0 unspecified atom stereocenters. The van der Waals surface area contributed by atoms with Crippen LogP contribution in [0, 0.1) is 0 Å². The van der Waals surface area contributed by atoms with Crippen LogP contribution in [0.2, 0.25) is 0 Å². The highest BCUT2D eigenvalue weighted by atomic mass is 32.2. The first-order valence-corrected chi connectivity index (χ1v) is 13.4. The largest absolute Gasteiger partial charge is 0.497 e. The predicted octanol–water partition coefficient (Wildman–Crippen LogP) is 4.39. The molecule has 3 rings (SSSR count). The van der Waals surface area contributed by atoms with Crippen LogP contribution in [0.1, 0.15) is 43.7 Å². The number of benzene rings is 2. The molecule has 0 saturated carbocycles. The molecule has 0 aliphatic rings. The van der Waals surface area contributed by atoms with Crippen molar-refractivity contribution in [3.05, 3.63) is 77.7 Å². The van der Waals surface area contributed by atoms with E-state index in [9.17, 15) is 8.42 Å². The molecule has 0 aliphatic carbocycles. The van der Waals surface area contributed by atoms with E-state index in [2.05, 4.69) is 9.97 Å². The molecule has 10 heteroatoms. The van der Waals surface area contributed by atoms with Gasteiger partial charge in [-0.1, -0.05) is 24.3 Å². The van der Waals surface area contributed by atoms with Crippen molar-refractivity contribution in [2.45, 2.75) is 51.3 Å². The maximum Gasteiger partial charge on any atom is 0.231 e. The lowest BCUT2D eigenvalue weighted by Crippen LogP contribution is -2.41. The molecule has 2 aromatic carbocycles. The van der Waals surface area contributed by atoms with Crippen molar-refractivity contribution in [3.8, 4) is 17.4 Å². The lowest BCUT2D eigenvalue weighted by molar-refractivity contribution is 0.00292. The third-order valence-corrected chi connectivity index (χ3v) is 8.02. The molecule has 1 aromatic heterocycles. The topological polar surface area (TPSA) is 100 Å². The Hall–Kier alpha value is -3.21. The first-order valence-electron chi connectivity index (χ1n) is 11.9. The fraction of sp³-hybridized carbons (Fsp3) is 0.407. The molecule has 0 bridgehead atoms. The summed E-state index contributed by atoms with van der Waals surface area (Å²) in [7, 11) is 0.787. The number of hydrogen-bond donors (Lipinski definition) is 0. The van der Waals surface area contributed by atoms with E-state index in [1.165, 1.54) is 23.8 Å². The van der Waals surface area contributed by atoms with E-state index in [4.69, 9.17) is 18.9 Å². The van der Waals surface area contributed by atoms with Crippen LogP contribution in [0.5, 0.6) is 17.4 Å². The monoisotopic (exact) mass is 529 g/mol. The molecular formula is C27H35N3O6S. The molecule has 0 N–H and O–H groups in total. The summed E-state index contributed by atoms with van der Waals surface area (Å²) in [6, 6.07) is 14.7. The van der Waals surface area contributed by atoms with Crippen molar-refractivity contribution in [1.82, 2.24) is 14.3 Å². The minimum atomic E-state index is -3.89. The summed E-state index contributed by atoms with van der Waals surface area (Å²) < 4.78 is 51.4. The standard InChI is InChI=1S/C27H35N3O6S/c1-19(2)36-27(25-15-29-26(35-6)16-28-25)20(3)37(31,32)30(17-21-7-11-23(33-4)12-8-21)18-22-9-13-24(34-5)14-10-22/h7-16,19-20,27H,17-18H2,1-6H3/t20-,27+/m0/s1. The number of methoxy groups -OCH3 is 3. The zero-order chi connectivity index (χ0) is 27.0.